The molecule has 1 aromatic rings. The molecule has 0 radical (unpaired) electrons. The van der Waals surface area contributed by atoms with Gasteiger partial charge >= 0.3 is 5.97 Å². The van der Waals surface area contributed by atoms with Gasteiger partial charge in [0, 0.05) is 5.56 Å². The molecule has 1 aliphatic carbocycles. The molecule has 2 amide bonds. The predicted molar refractivity (Wildman–Crippen MR) is 98.9 cm³/mol. The van der Waals surface area contributed by atoms with E-state index < -0.39 is 35.7 Å². The molecular formula is C21H25NO5. The zero-order valence-electron chi connectivity index (χ0n) is 15.9. The SMILES string of the molecule is CC(C)C1=C[C@@H](C(C)C)[C@H]2C(=O)N(C(=O)c3ccc(O)cc3)[C@@H]1C2C(=O)O. The van der Waals surface area contributed by atoms with Gasteiger partial charge in [0.25, 0.3) is 5.91 Å². The second-order valence-electron chi connectivity index (χ2n) is 8.04. The van der Waals surface area contributed by atoms with Crippen LogP contribution in [0.2, 0.25) is 0 Å². The van der Waals surface area contributed by atoms with Gasteiger partial charge in [-0.05, 0) is 47.6 Å². The van der Waals surface area contributed by atoms with Crippen molar-refractivity contribution in [2.24, 2.45) is 29.6 Å². The van der Waals surface area contributed by atoms with Crippen LogP contribution in [-0.4, -0.2) is 38.9 Å². The Hall–Kier alpha value is -2.63. The molecule has 4 atom stereocenters. The van der Waals surface area contributed by atoms with E-state index in [1.165, 1.54) is 24.3 Å². The van der Waals surface area contributed by atoms with Crippen LogP contribution in [0.4, 0.5) is 0 Å². The number of hydrogen-bond acceptors (Lipinski definition) is 4. The lowest BCUT2D eigenvalue weighted by atomic mass is 9.68. The van der Waals surface area contributed by atoms with Gasteiger partial charge in [-0.2, -0.15) is 0 Å². The van der Waals surface area contributed by atoms with Crippen LogP contribution in [0.25, 0.3) is 0 Å². The third-order valence-corrected chi connectivity index (χ3v) is 5.72. The van der Waals surface area contributed by atoms with Gasteiger partial charge < -0.3 is 10.2 Å². The maximum atomic E-state index is 13.2. The fourth-order valence-electron chi connectivity index (χ4n) is 4.39. The zero-order chi connectivity index (χ0) is 20.0. The molecule has 1 aliphatic heterocycles. The number of hydrogen-bond donors (Lipinski definition) is 2. The van der Waals surface area contributed by atoms with Gasteiger partial charge in [0.1, 0.15) is 5.75 Å². The van der Waals surface area contributed by atoms with Crippen LogP contribution in [-0.2, 0) is 9.59 Å². The van der Waals surface area contributed by atoms with E-state index in [-0.39, 0.29) is 29.1 Å². The summed E-state index contributed by atoms with van der Waals surface area (Å²) in [5.74, 6) is -3.76. The Balaban J connectivity index is 2.12. The van der Waals surface area contributed by atoms with Crippen molar-refractivity contribution in [2.45, 2.75) is 33.7 Å². The highest BCUT2D eigenvalue weighted by Crippen LogP contribution is 2.49. The van der Waals surface area contributed by atoms with Crippen molar-refractivity contribution >= 4 is 17.8 Å². The van der Waals surface area contributed by atoms with E-state index in [0.717, 1.165) is 10.5 Å². The number of imide groups is 1. The molecule has 1 aromatic carbocycles. The van der Waals surface area contributed by atoms with Crippen LogP contribution in [0, 0.1) is 29.6 Å². The Labute approximate surface area is 158 Å². The predicted octanol–water partition coefficient (Wildman–Crippen LogP) is 2.93. The molecule has 1 heterocycles. The molecule has 27 heavy (non-hydrogen) atoms. The van der Waals surface area contributed by atoms with E-state index in [1.54, 1.807) is 0 Å². The largest absolute Gasteiger partial charge is 0.508 e. The molecule has 1 unspecified atom stereocenters. The topological polar surface area (TPSA) is 94.9 Å². The van der Waals surface area contributed by atoms with Crippen LogP contribution in [0.1, 0.15) is 38.1 Å². The van der Waals surface area contributed by atoms with Gasteiger partial charge in [-0.15, -0.1) is 0 Å². The van der Waals surface area contributed by atoms with Gasteiger partial charge in [0.15, 0.2) is 0 Å². The second-order valence-corrected chi connectivity index (χ2v) is 8.04. The quantitative estimate of drug-likeness (QED) is 0.627. The van der Waals surface area contributed by atoms with E-state index in [0.29, 0.717) is 0 Å². The monoisotopic (exact) mass is 371 g/mol. The Kier molecular flexibility index (Phi) is 4.84. The molecule has 2 N–H and O–H groups in total. The Morgan fingerprint density at radius 1 is 1.07 bits per heavy atom. The van der Waals surface area contributed by atoms with Crippen molar-refractivity contribution in [2.75, 3.05) is 0 Å². The molecule has 2 bridgehead atoms. The second kappa shape index (κ2) is 6.83. The summed E-state index contributed by atoms with van der Waals surface area (Å²) in [6.45, 7) is 7.84. The minimum Gasteiger partial charge on any atom is -0.508 e. The number of phenols is 1. The first-order valence-corrected chi connectivity index (χ1v) is 9.26. The number of phenolic OH excluding ortho intramolecular Hbond substituents is 1. The highest BCUT2D eigenvalue weighted by molar-refractivity contribution is 6.09. The van der Waals surface area contributed by atoms with Gasteiger partial charge in [0.05, 0.1) is 17.9 Å². The number of likely N-dealkylation sites (tertiary alicyclic amines) is 1. The van der Waals surface area contributed by atoms with Gasteiger partial charge in [-0.1, -0.05) is 33.8 Å². The molecule has 6 heteroatoms. The standard InChI is InChI=1S/C21H25NO5/c1-10(2)14-9-15(11(3)4)18-17(21(26)27)16(14)20(25)22(18)19(24)12-5-7-13(23)8-6-12/h5-11,14,16-18,23H,1-4H3,(H,26,27)/t14-,16+,17?,18-/m0/s1. The van der Waals surface area contributed by atoms with E-state index in [1.807, 2.05) is 33.8 Å². The lowest BCUT2D eigenvalue weighted by Crippen LogP contribution is -2.44. The lowest BCUT2D eigenvalue weighted by molar-refractivity contribution is -0.145. The summed E-state index contributed by atoms with van der Waals surface area (Å²) in [6, 6.07) is 4.88. The number of benzene rings is 1. The summed E-state index contributed by atoms with van der Waals surface area (Å²) < 4.78 is 0. The highest BCUT2D eigenvalue weighted by Gasteiger charge is 2.60. The number of nitrogens with zero attached hydrogens (tertiary/aromatic N) is 1. The van der Waals surface area contributed by atoms with Crippen LogP contribution in [0.3, 0.4) is 0 Å². The van der Waals surface area contributed by atoms with Gasteiger partial charge in [-0.25, -0.2) is 0 Å². The van der Waals surface area contributed by atoms with E-state index in [4.69, 9.17) is 0 Å². The average molecular weight is 371 g/mol. The van der Waals surface area contributed by atoms with Crippen LogP contribution >= 0.6 is 0 Å². The number of rotatable bonds is 4. The smallest absolute Gasteiger partial charge is 0.309 e. The Morgan fingerprint density at radius 2 is 1.67 bits per heavy atom. The first-order valence-electron chi connectivity index (χ1n) is 9.26. The molecule has 0 saturated carbocycles. The molecule has 6 nitrogen and oxygen atoms in total. The van der Waals surface area contributed by atoms with E-state index in [9.17, 15) is 24.6 Å². The number of aromatic hydroxyl groups is 1. The Morgan fingerprint density at radius 3 is 2.15 bits per heavy atom. The van der Waals surface area contributed by atoms with Crippen molar-refractivity contribution in [3.8, 4) is 5.75 Å². The number of amides is 2. The van der Waals surface area contributed by atoms with Crippen molar-refractivity contribution in [1.82, 2.24) is 4.90 Å². The Bertz CT molecular complexity index is 808. The summed E-state index contributed by atoms with van der Waals surface area (Å²) >= 11 is 0. The normalized spacial score (nSPS) is 27.3. The van der Waals surface area contributed by atoms with Crippen LogP contribution in [0.5, 0.6) is 5.75 Å². The minimum absolute atomic E-state index is 0.0140. The summed E-state index contributed by atoms with van der Waals surface area (Å²) in [4.78, 5) is 39.6. The summed E-state index contributed by atoms with van der Waals surface area (Å²) in [5, 5.41) is 19.3. The van der Waals surface area contributed by atoms with Gasteiger partial charge in [-0.3, -0.25) is 19.3 Å². The maximum absolute atomic E-state index is 13.2. The van der Waals surface area contributed by atoms with Crippen LogP contribution < -0.4 is 0 Å². The molecule has 1 saturated heterocycles. The first-order chi connectivity index (χ1) is 12.6. The van der Waals surface area contributed by atoms with Crippen molar-refractivity contribution in [1.29, 1.82) is 0 Å². The van der Waals surface area contributed by atoms with Crippen molar-refractivity contribution in [3.05, 3.63) is 41.5 Å². The number of aliphatic carboxylic acids is 1. The van der Waals surface area contributed by atoms with Gasteiger partial charge in [0.2, 0.25) is 5.91 Å². The number of carboxylic acids is 1. The molecule has 144 valence electrons. The number of fused-ring (bicyclic) bond motifs is 2. The number of carbonyl (C=O) groups excluding carboxylic acids is 2. The summed E-state index contributed by atoms with van der Waals surface area (Å²) in [7, 11) is 0. The molecule has 0 spiro atoms. The zero-order valence-corrected chi connectivity index (χ0v) is 15.9. The summed E-state index contributed by atoms with van der Waals surface area (Å²) in [5.41, 5.74) is 1.08. The molecule has 0 aromatic heterocycles. The van der Waals surface area contributed by atoms with Crippen LogP contribution in [0.15, 0.2) is 35.9 Å². The van der Waals surface area contributed by atoms with E-state index in [2.05, 4.69) is 0 Å². The minimum atomic E-state index is -1.05. The lowest BCUT2D eigenvalue weighted by Gasteiger charge is -2.35. The number of carboxylic acid groups (broad SMARTS) is 1. The third kappa shape index (κ3) is 3.03. The summed E-state index contributed by atoms with van der Waals surface area (Å²) in [6.07, 6.45) is 2.02. The maximum Gasteiger partial charge on any atom is 0.309 e. The van der Waals surface area contributed by atoms with Crippen molar-refractivity contribution in [3.63, 3.8) is 0 Å². The first kappa shape index (κ1) is 19.1. The fourth-order valence-corrected chi connectivity index (χ4v) is 4.39. The fraction of sp³-hybridized carbons (Fsp3) is 0.476. The number of carbonyl (C=O) groups is 3. The van der Waals surface area contributed by atoms with Crippen molar-refractivity contribution < 1.29 is 24.6 Å². The molecule has 1 fully saturated rings. The third-order valence-electron chi connectivity index (χ3n) is 5.72. The molecule has 2 aliphatic rings. The molecule has 3 rings (SSSR count). The van der Waals surface area contributed by atoms with E-state index >= 15 is 0 Å². The number of allylic oxidation sites excluding steroid dienone is 1. The highest BCUT2D eigenvalue weighted by atomic mass is 16.4. The molecular weight excluding hydrogens is 346 g/mol. The average Bonchev–Trinajstić information content (AvgIpc) is 2.82.